The van der Waals surface area contributed by atoms with Crippen molar-refractivity contribution in [2.24, 2.45) is 0 Å². The largest absolute Gasteiger partial charge is 0.464 e. The number of likely N-dealkylation sites (N-methyl/N-ethyl adjacent to an activating group) is 1. The second-order valence-electron chi connectivity index (χ2n) is 7.00. The van der Waals surface area contributed by atoms with E-state index in [2.05, 4.69) is 31.2 Å². The van der Waals surface area contributed by atoms with Crippen molar-refractivity contribution in [3.63, 3.8) is 0 Å². The summed E-state index contributed by atoms with van der Waals surface area (Å²) in [5.41, 5.74) is 0. The maximum atomic E-state index is 11.5. The monoisotopic (exact) mass is 387 g/mol. The van der Waals surface area contributed by atoms with Crippen LogP contribution in [0.15, 0.2) is 24.3 Å². The standard InChI is InChI=1S/C22H41NO2.ClH/c1-4-5-6-7-8-9-10-11-12-13-14-15-16-17-18-19-22(24)25-21-20-23(2)3;/h8-9,11-12H,4-7,10,13-21H2,1-3H3;1H/b9-8-,12-11-;. The fourth-order valence-electron chi connectivity index (χ4n) is 2.49. The Morgan fingerprint density at radius 3 is 2.04 bits per heavy atom. The lowest BCUT2D eigenvalue weighted by Gasteiger charge is -2.09. The Morgan fingerprint density at radius 1 is 0.846 bits per heavy atom. The predicted octanol–water partition coefficient (Wildman–Crippen LogP) is 6.33. The van der Waals surface area contributed by atoms with Gasteiger partial charge in [0.15, 0.2) is 0 Å². The van der Waals surface area contributed by atoms with Gasteiger partial charge in [0.2, 0.25) is 0 Å². The van der Waals surface area contributed by atoms with Crippen molar-refractivity contribution in [1.82, 2.24) is 4.90 Å². The van der Waals surface area contributed by atoms with Crippen LogP contribution in [0.5, 0.6) is 0 Å². The molecule has 0 aromatic rings. The first-order chi connectivity index (χ1) is 12.2. The summed E-state index contributed by atoms with van der Waals surface area (Å²) in [6, 6.07) is 0. The second-order valence-corrected chi connectivity index (χ2v) is 7.00. The molecule has 26 heavy (non-hydrogen) atoms. The molecule has 0 aliphatic carbocycles. The van der Waals surface area contributed by atoms with E-state index >= 15 is 0 Å². The number of nitrogens with zero attached hydrogens (tertiary/aromatic N) is 1. The van der Waals surface area contributed by atoms with Crippen molar-refractivity contribution in [2.75, 3.05) is 27.2 Å². The number of rotatable bonds is 17. The van der Waals surface area contributed by atoms with Crippen LogP contribution in [0.2, 0.25) is 0 Å². The van der Waals surface area contributed by atoms with Gasteiger partial charge in [-0.15, -0.1) is 12.4 Å². The summed E-state index contributed by atoms with van der Waals surface area (Å²) in [7, 11) is 3.96. The lowest BCUT2D eigenvalue weighted by atomic mass is 10.1. The van der Waals surface area contributed by atoms with Crippen molar-refractivity contribution in [2.45, 2.75) is 84.0 Å². The zero-order valence-electron chi connectivity index (χ0n) is 17.4. The Bertz CT molecular complexity index is 354. The van der Waals surface area contributed by atoms with Gasteiger partial charge in [0, 0.05) is 13.0 Å². The van der Waals surface area contributed by atoms with Gasteiger partial charge in [-0.05, 0) is 52.6 Å². The Balaban J connectivity index is 0. The van der Waals surface area contributed by atoms with E-state index in [1.54, 1.807) is 0 Å². The third-order valence-electron chi connectivity index (χ3n) is 4.13. The number of carbonyl (C=O) groups excluding carboxylic acids is 1. The summed E-state index contributed by atoms with van der Waals surface area (Å²) in [6.45, 7) is 3.55. The van der Waals surface area contributed by atoms with Crippen molar-refractivity contribution < 1.29 is 9.53 Å². The second kappa shape index (κ2) is 22.2. The molecule has 0 saturated carbocycles. The Morgan fingerprint density at radius 2 is 1.42 bits per heavy atom. The summed E-state index contributed by atoms with van der Waals surface area (Å²) in [6.07, 6.45) is 23.0. The van der Waals surface area contributed by atoms with Gasteiger partial charge >= 0.3 is 5.97 Å². The third kappa shape index (κ3) is 23.2. The molecule has 0 aliphatic heterocycles. The van der Waals surface area contributed by atoms with E-state index in [4.69, 9.17) is 4.74 Å². The van der Waals surface area contributed by atoms with Gasteiger partial charge in [0.05, 0.1) is 0 Å². The highest BCUT2D eigenvalue weighted by molar-refractivity contribution is 5.85. The van der Waals surface area contributed by atoms with Crippen LogP contribution in [0, 0.1) is 0 Å². The van der Waals surface area contributed by atoms with Crippen LogP contribution in [-0.4, -0.2) is 38.1 Å². The number of carbonyl (C=O) groups is 1. The Kier molecular flexibility index (Phi) is 23.5. The first-order valence-electron chi connectivity index (χ1n) is 10.3. The molecule has 0 fully saturated rings. The maximum absolute atomic E-state index is 11.5. The van der Waals surface area contributed by atoms with Gasteiger partial charge in [-0.25, -0.2) is 0 Å². The summed E-state index contributed by atoms with van der Waals surface area (Å²) in [5, 5.41) is 0. The van der Waals surface area contributed by atoms with E-state index in [9.17, 15) is 4.79 Å². The van der Waals surface area contributed by atoms with Crippen LogP contribution in [-0.2, 0) is 9.53 Å². The number of unbranched alkanes of at least 4 members (excludes halogenated alkanes) is 8. The first-order valence-corrected chi connectivity index (χ1v) is 10.3. The Hall–Kier alpha value is -0.800. The molecule has 0 aromatic carbocycles. The van der Waals surface area contributed by atoms with Crippen LogP contribution < -0.4 is 0 Å². The maximum Gasteiger partial charge on any atom is 0.305 e. The molecule has 0 radical (unpaired) electrons. The van der Waals surface area contributed by atoms with Crippen LogP contribution in [0.25, 0.3) is 0 Å². The molecule has 0 heterocycles. The van der Waals surface area contributed by atoms with Crippen molar-refractivity contribution in [1.29, 1.82) is 0 Å². The van der Waals surface area contributed by atoms with Crippen molar-refractivity contribution >= 4 is 18.4 Å². The molecule has 0 atom stereocenters. The minimum atomic E-state index is -0.0486. The van der Waals surface area contributed by atoms with E-state index in [0.29, 0.717) is 13.0 Å². The molecule has 0 bridgehead atoms. The summed E-state index contributed by atoms with van der Waals surface area (Å²) in [5.74, 6) is -0.0486. The lowest BCUT2D eigenvalue weighted by Crippen LogP contribution is -2.20. The summed E-state index contributed by atoms with van der Waals surface area (Å²) >= 11 is 0. The van der Waals surface area contributed by atoms with Gasteiger partial charge in [-0.1, -0.05) is 63.3 Å². The number of allylic oxidation sites excluding steroid dienone is 4. The van der Waals surface area contributed by atoms with E-state index in [-0.39, 0.29) is 18.4 Å². The van der Waals surface area contributed by atoms with Gasteiger partial charge in [-0.2, -0.15) is 0 Å². The summed E-state index contributed by atoms with van der Waals surface area (Å²) in [4.78, 5) is 13.5. The molecule has 0 aliphatic rings. The SMILES string of the molecule is CCCCC/C=C\C/C=C\CCCCCCCC(=O)OCCN(C)C.Cl. The highest BCUT2D eigenvalue weighted by atomic mass is 35.5. The molecule has 0 unspecified atom stereocenters. The molecule has 154 valence electrons. The minimum absolute atomic E-state index is 0. The number of halogens is 1. The average molecular weight is 388 g/mol. The number of esters is 1. The van der Waals surface area contributed by atoms with Crippen molar-refractivity contribution in [3.8, 4) is 0 Å². The zero-order chi connectivity index (χ0) is 18.6. The summed E-state index contributed by atoms with van der Waals surface area (Å²) < 4.78 is 5.18. The molecule has 0 amide bonds. The third-order valence-corrected chi connectivity index (χ3v) is 4.13. The smallest absolute Gasteiger partial charge is 0.305 e. The molecule has 0 rings (SSSR count). The number of ether oxygens (including phenoxy) is 1. The van der Waals surface area contributed by atoms with Gasteiger partial charge in [-0.3, -0.25) is 4.79 Å². The van der Waals surface area contributed by atoms with E-state index in [1.807, 2.05) is 19.0 Å². The van der Waals surface area contributed by atoms with Gasteiger partial charge < -0.3 is 9.64 Å². The number of hydrogen-bond donors (Lipinski definition) is 0. The van der Waals surface area contributed by atoms with E-state index in [0.717, 1.165) is 25.8 Å². The molecular weight excluding hydrogens is 346 g/mol. The average Bonchev–Trinajstić information content (AvgIpc) is 2.58. The fraction of sp³-hybridized carbons (Fsp3) is 0.773. The molecule has 0 saturated heterocycles. The molecular formula is C22H42ClNO2. The molecule has 0 aromatic heterocycles. The number of hydrogen-bond acceptors (Lipinski definition) is 3. The predicted molar refractivity (Wildman–Crippen MR) is 116 cm³/mol. The zero-order valence-corrected chi connectivity index (χ0v) is 18.2. The van der Waals surface area contributed by atoms with Crippen LogP contribution in [0.1, 0.15) is 84.0 Å². The Labute approximate surface area is 168 Å². The fourth-order valence-corrected chi connectivity index (χ4v) is 2.49. The van der Waals surface area contributed by atoms with Crippen LogP contribution in [0.4, 0.5) is 0 Å². The normalized spacial score (nSPS) is 11.4. The highest BCUT2D eigenvalue weighted by Crippen LogP contribution is 2.08. The highest BCUT2D eigenvalue weighted by Gasteiger charge is 2.02. The first kappa shape index (κ1) is 27.4. The van der Waals surface area contributed by atoms with Crippen molar-refractivity contribution in [3.05, 3.63) is 24.3 Å². The van der Waals surface area contributed by atoms with Crippen LogP contribution >= 0.6 is 12.4 Å². The molecule has 0 N–H and O–H groups in total. The molecule has 3 nitrogen and oxygen atoms in total. The molecule has 0 spiro atoms. The van der Waals surface area contributed by atoms with Gasteiger partial charge in [0.1, 0.15) is 6.61 Å². The molecule has 4 heteroatoms. The van der Waals surface area contributed by atoms with Gasteiger partial charge in [0.25, 0.3) is 0 Å². The van der Waals surface area contributed by atoms with E-state index in [1.165, 1.54) is 51.4 Å². The van der Waals surface area contributed by atoms with Crippen LogP contribution in [0.3, 0.4) is 0 Å². The lowest BCUT2D eigenvalue weighted by molar-refractivity contribution is -0.144. The van der Waals surface area contributed by atoms with E-state index < -0.39 is 0 Å². The minimum Gasteiger partial charge on any atom is -0.464 e. The topological polar surface area (TPSA) is 29.5 Å². The quantitative estimate of drug-likeness (QED) is 0.166.